The van der Waals surface area contributed by atoms with E-state index in [1.54, 1.807) is 0 Å². The number of halogens is 3. The van der Waals surface area contributed by atoms with Crippen molar-refractivity contribution in [2.24, 2.45) is 0 Å². The first kappa shape index (κ1) is 39.9. The van der Waals surface area contributed by atoms with Gasteiger partial charge in [0, 0.05) is 34.2 Å². The normalized spacial score (nSPS) is 10.2. The topological polar surface area (TPSA) is 185 Å². The molecule has 0 unspecified atom stereocenters. The Hall–Kier alpha value is -3.12. The lowest BCUT2D eigenvalue weighted by Crippen LogP contribution is -2.18. The van der Waals surface area contributed by atoms with Gasteiger partial charge in [-0.25, -0.2) is 0 Å². The molecule has 0 heterocycles. The van der Waals surface area contributed by atoms with Crippen molar-refractivity contribution in [3.05, 3.63) is 18.2 Å². The maximum absolute atomic E-state index is 11.8. The molecule has 0 N–H and O–H groups in total. The molecule has 15 nitrogen and oxygen atoms in total. The molecular formula is C27H33Br3O15. The number of ether oxygens (including phenoxy) is 9. The van der Waals surface area contributed by atoms with Gasteiger partial charge in [-0.1, -0.05) is 47.8 Å². The van der Waals surface area contributed by atoms with Gasteiger partial charge in [-0.05, 0) is 0 Å². The van der Waals surface area contributed by atoms with Crippen LogP contribution in [-0.4, -0.2) is 111 Å². The minimum atomic E-state index is -0.781. The van der Waals surface area contributed by atoms with E-state index in [-0.39, 0.29) is 76.7 Å². The molecule has 0 fully saturated rings. The Morgan fingerprint density at radius 1 is 0.378 bits per heavy atom. The van der Waals surface area contributed by atoms with Gasteiger partial charge in [0.2, 0.25) is 0 Å². The molecule has 45 heavy (non-hydrogen) atoms. The summed E-state index contributed by atoms with van der Waals surface area (Å²) in [6.07, 6.45) is -1.63. The van der Waals surface area contributed by atoms with Crippen LogP contribution in [0.25, 0.3) is 0 Å². The van der Waals surface area contributed by atoms with Gasteiger partial charge in [0.15, 0.2) is 0 Å². The van der Waals surface area contributed by atoms with Crippen LogP contribution < -0.4 is 14.2 Å². The molecule has 0 atom stereocenters. The fraction of sp³-hybridized carbons (Fsp3) is 0.556. The lowest BCUT2D eigenvalue weighted by atomic mass is 10.3. The fourth-order valence-electron chi connectivity index (χ4n) is 2.86. The van der Waals surface area contributed by atoms with Gasteiger partial charge >= 0.3 is 35.8 Å². The van der Waals surface area contributed by atoms with Crippen molar-refractivity contribution in [1.29, 1.82) is 0 Å². The number of alkyl halides is 3. The van der Waals surface area contributed by atoms with Gasteiger partial charge in [0.1, 0.15) is 96.0 Å². The van der Waals surface area contributed by atoms with Crippen molar-refractivity contribution in [3.8, 4) is 17.2 Å². The molecule has 1 rings (SSSR count). The van der Waals surface area contributed by atoms with Crippen LogP contribution in [-0.2, 0) is 57.2 Å². The molecule has 0 spiro atoms. The highest BCUT2D eigenvalue weighted by Gasteiger charge is 2.14. The Labute approximate surface area is 284 Å². The van der Waals surface area contributed by atoms with E-state index >= 15 is 0 Å². The van der Waals surface area contributed by atoms with Gasteiger partial charge in [-0.3, -0.25) is 28.8 Å². The van der Waals surface area contributed by atoms with Crippen LogP contribution in [0.3, 0.4) is 0 Å². The number of benzene rings is 1. The van der Waals surface area contributed by atoms with Gasteiger partial charge in [0.25, 0.3) is 0 Å². The molecule has 0 saturated heterocycles. The molecule has 1 aromatic rings. The third kappa shape index (κ3) is 21.3. The molecule has 0 radical (unpaired) electrons. The van der Waals surface area contributed by atoms with Gasteiger partial charge in [0.05, 0.1) is 0 Å². The lowest BCUT2D eigenvalue weighted by Gasteiger charge is -2.14. The fourth-order valence-corrected chi connectivity index (χ4v) is 3.34. The van der Waals surface area contributed by atoms with Gasteiger partial charge in [-0.15, -0.1) is 0 Å². The quantitative estimate of drug-likeness (QED) is 0.0486. The van der Waals surface area contributed by atoms with Gasteiger partial charge in [-0.2, -0.15) is 0 Å². The monoisotopic (exact) mass is 834 g/mol. The van der Waals surface area contributed by atoms with E-state index in [1.807, 2.05) is 0 Å². The second kappa shape index (κ2) is 25.1. The van der Waals surface area contributed by atoms with E-state index in [4.69, 9.17) is 42.6 Å². The van der Waals surface area contributed by atoms with E-state index in [1.165, 1.54) is 18.2 Å². The lowest BCUT2D eigenvalue weighted by molar-refractivity contribution is -0.156. The molecule has 0 bridgehead atoms. The predicted molar refractivity (Wildman–Crippen MR) is 164 cm³/mol. The van der Waals surface area contributed by atoms with E-state index in [0.29, 0.717) is 16.0 Å². The van der Waals surface area contributed by atoms with E-state index in [2.05, 4.69) is 47.8 Å². The average molecular weight is 837 g/mol. The van der Waals surface area contributed by atoms with Crippen LogP contribution in [0.15, 0.2) is 18.2 Å². The minimum Gasteiger partial charge on any atom is -0.490 e. The average Bonchev–Trinajstić information content (AvgIpc) is 3.00. The number of esters is 6. The maximum atomic E-state index is 11.8. The maximum Gasteiger partial charge on any atom is 0.317 e. The minimum absolute atomic E-state index is 0.0866. The Morgan fingerprint density at radius 3 is 0.822 bits per heavy atom. The first-order valence-corrected chi connectivity index (χ1v) is 16.7. The zero-order valence-corrected chi connectivity index (χ0v) is 28.9. The largest absolute Gasteiger partial charge is 0.490 e. The molecule has 0 aliphatic rings. The summed E-state index contributed by atoms with van der Waals surface area (Å²) in [5.74, 6) is -3.76. The molecule has 0 amide bonds. The summed E-state index contributed by atoms with van der Waals surface area (Å²) in [7, 11) is 0. The van der Waals surface area contributed by atoms with Crippen LogP contribution in [0.4, 0.5) is 0 Å². The zero-order valence-electron chi connectivity index (χ0n) is 24.1. The Bertz CT molecular complexity index is 954. The Balaban J connectivity index is 2.65. The van der Waals surface area contributed by atoms with E-state index in [9.17, 15) is 28.8 Å². The molecular weight excluding hydrogens is 804 g/mol. The number of carbonyl (C=O) groups excluding carboxylic acids is 6. The summed E-state index contributed by atoms with van der Waals surface area (Å²) < 4.78 is 46.1. The zero-order chi connectivity index (χ0) is 33.3. The smallest absolute Gasteiger partial charge is 0.317 e. The van der Waals surface area contributed by atoms with Crippen LogP contribution >= 0.6 is 47.8 Å². The van der Waals surface area contributed by atoms with Crippen molar-refractivity contribution in [2.75, 3.05) is 75.5 Å². The van der Waals surface area contributed by atoms with Crippen molar-refractivity contribution >= 4 is 83.6 Å². The molecule has 0 saturated carbocycles. The van der Waals surface area contributed by atoms with Crippen molar-refractivity contribution in [1.82, 2.24) is 0 Å². The standard InChI is InChI=1S/C27H33Br3O15/c28-1-4-40-22(31)16-25(34)43-10-7-37-19-13-20(38-8-11-44-26(35)17-23(32)41-5-2-29)15-21(14-19)39-9-12-45-27(36)18-24(33)42-6-3-30/h13-15H,1-12,16-18H2. The predicted octanol–water partition coefficient (Wildman–Crippen LogP) is 2.44. The number of rotatable bonds is 24. The van der Waals surface area contributed by atoms with Crippen LogP contribution in [0.1, 0.15) is 19.3 Å². The van der Waals surface area contributed by atoms with Gasteiger partial charge < -0.3 is 42.6 Å². The molecule has 0 aliphatic carbocycles. The highest BCUT2D eigenvalue weighted by atomic mass is 79.9. The summed E-state index contributed by atoms with van der Waals surface area (Å²) in [5.41, 5.74) is 0. The van der Waals surface area contributed by atoms with Crippen molar-refractivity contribution in [2.45, 2.75) is 19.3 Å². The Morgan fingerprint density at radius 2 is 0.600 bits per heavy atom. The van der Waals surface area contributed by atoms with Crippen molar-refractivity contribution < 1.29 is 71.4 Å². The van der Waals surface area contributed by atoms with E-state index in [0.717, 1.165) is 0 Å². The summed E-state index contributed by atoms with van der Waals surface area (Å²) in [6, 6.07) is 4.47. The second-order valence-electron chi connectivity index (χ2n) is 8.11. The first-order chi connectivity index (χ1) is 21.7. The van der Waals surface area contributed by atoms with Crippen LogP contribution in [0, 0.1) is 0 Å². The highest BCUT2D eigenvalue weighted by Crippen LogP contribution is 2.28. The molecule has 0 aliphatic heterocycles. The SMILES string of the molecule is O=C(CC(=O)OCCOc1cc(OCCOC(=O)CC(=O)OCCBr)cc(OCCOC(=O)CC(=O)OCCBr)c1)OCCBr. The number of carbonyl (C=O) groups is 6. The second-order valence-corrected chi connectivity index (χ2v) is 10.5. The first-order valence-electron chi connectivity index (χ1n) is 13.3. The van der Waals surface area contributed by atoms with Crippen molar-refractivity contribution in [3.63, 3.8) is 0 Å². The molecule has 1 aromatic carbocycles. The third-order valence-electron chi connectivity index (χ3n) is 4.59. The van der Waals surface area contributed by atoms with Crippen LogP contribution in [0.2, 0.25) is 0 Å². The molecule has 252 valence electrons. The highest BCUT2D eigenvalue weighted by molar-refractivity contribution is 9.09. The number of hydrogen-bond donors (Lipinski definition) is 0. The summed E-state index contributed by atoms with van der Waals surface area (Å²) in [6.45, 7) is -0.399. The molecule has 0 aromatic heterocycles. The number of hydrogen-bond acceptors (Lipinski definition) is 15. The van der Waals surface area contributed by atoms with E-state index < -0.39 is 55.1 Å². The summed E-state index contributed by atoms with van der Waals surface area (Å²) >= 11 is 9.31. The summed E-state index contributed by atoms with van der Waals surface area (Å²) in [4.78, 5) is 69.8. The summed E-state index contributed by atoms with van der Waals surface area (Å²) in [5, 5.41) is 1.32. The van der Waals surface area contributed by atoms with Crippen LogP contribution in [0.5, 0.6) is 17.2 Å². The Kier molecular flexibility index (Phi) is 22.3. The third-order valence-corrected chi connectivity index (χ3v) is 5.56. The molecule has 18 heteroatoms.